The third kappa shape index (κ3) is 3.42. The molecule has 0 aliphatic rings. The first kappa shape index (κ1) is 14.9. The number of pyridine rings is 1. The summed E-state index contributed by atoms with van der Waals surface area (Å²) in [7, 11) is 0. The van der Waals surface area contributed by atoms with Crippen LogP contribution in [0.2, 0.25) is 0 Å². The van der Waals surface area contributed by atoms with E-state index in [0.29, 0.717) is 5.52 Å². The Morgan fingerprint density at radius 2 is 1.91 bits per heavy atom. The fraction of sp³-hybridized carbons (Fsp3) is 0.154. The van der Waals surface area contributed by atoms with Gasteiger partial charge in [-0.05, 0) is 6.07 Å². The molecule has 0 fully saturated rings. The smallest absolute Gasteiger partial charge is 0.486 e. The van der Waals surface area contributed by atoms with E-state index in [4.69, 9.17) is 10.5 Å². The van der Waals surface area contributed by atoms with Crippen LogP contribution in [0, 0.1) is 0 Å². The van der Waals surface area contributed by atoms with E-state index in [-0.39, 0.29) is 35.1 Å². The van der Waals surface area contributed by atoms with Crippen molar-refractivity contribution in [2.45, 2.75) is 13.0 Å². The van der Waals surface area contributed by atoms with Gasteiger partial charge < -0.3 is 15.2 Å². The van der Waals surface area contributed by atoms with Crippen LogP contribution in [-0.4, -0.2) is 26.8 Å². The Labute approximate surface area is 127 Å². The maximum atomic E-state index is 12.4. The first-order valence-electron chi connectivity index (χ1n) is 6.36. The van der Waals surface area contributed by atoms with Crippen molar-refractivity contribution in [2.75, 3.05) is 5.73 Å². The predicted octanol–water partition coefficient (Wildman–Crippen LogP) is 2.41. The number of nitrogens with two attached hydrogens (primary N) is 1. The first-order valence-corrected chi connectivity index (χ1v) is 6.36. The van der Waals surface area contributed by atoms with Crippen LogP contribution in [0.1, 0.15) is 5.56 Å². The normalized spacial score (nSPS) is 11.6. The summed E-state index contributed by atoms with van der Waals surface area (Å²) in [6.45, 7) is -0.169. The summed E-state index contributed by atoms with van der Waals surface area (Å²) >= 11 is 0. The predicted molar refractivity (Wildman–Crippen MR) is 73.6 cm³/mol. The number of hydrogen-bond donors (Lipinski definition) is 2. The zero-order valence-corrected chi connectivity index (χ0v) is 11.5. The highest BCUT2D eigenvalue weighted by Crippen LogP contribution is 2.29. The van der Waals surface area contributed by atoms with Crippen LogP contribution in [-0.2, 0) is 6.61 Å². The molecule has 3 rings (SSSR count). The van der Waals surface area contributed by atoms with Crippen molar-refractivity contribution < 1.29 is 22.6 Å². The van der Waals surface area contributed by atoms with E-state index in [2.05, 4.69) is 25.1 Å². The molecule has 0 bridgehead atoms. The molecule has 7 nitrogen and oxygen atoms in total. The number of hydrogen-bond acceptors (Lipinski definition) is 6. The van der Waals surface area contributed by atoms with Crippen molar-refractivity contribution in [2.24, 2.45) is 0 Å². The lowest BCUT2D eigenvalue weighted by molar-refractivity contribution is -0.275. The second-order valence-corrected chi connectivity index (χ2v) is 4.49. The first-order chi connectivity index (χ1) is 10.9. The zero-order chi connectivity index (χ0) is 16.4. The zero-order valence-electron chi connectivity index (χ0n) is 11.5. The number of ether oxygens (including phenoxy) is 2. The monoisotopic (exact) mass is 325 g/mol. The molecule has 0 aliphatic heterocycles. The molecule has 2 aromatic heterocycles. The average Bonchev–Trinajstić information content (AvgIpc) is 2.92. The number of aromatic nitrogens is 4. The van der Waals surface area contributed by atoms with Gasteiger partial charge in [0.1, 0.15) is 18.2 Å². The second kappa shape index (κ2) is 5.63. The maximum Gasteiger partial charge on any atom is 0.573 e. The van der Waals surface area contributed by atoms with Crippen LogP contribution in [0.25, 0.3) is 11.2 Å². The lowest BCUT2D eigenvalue weighted by atomic mass is 10.2. The molecule has 3 N–H and O–H groups in total. The summed E-state index contributed by atoms with van der Waals surface area (Å²) in [5.41, 5.74) is 6.42. The van der Waals surface area contributed by atoms with Gasteiger partial charge in [-0.15, -0.1) is 18.3 Å². The van der Waals surface area contributed by atoms with Crippen molar-refractivity contribution in [1.29, 1.82) is 0 Å². The number of H-pyrrole nitrogens is 1. The topological polar surface area (TPSA) is 98.9 Å². The maximum absolute atomic E-state index is 12.4. The van der Waals surface area contributed by atoms with Gasteiger partial charge in [-0.2, -0.15) is 10.3 Å². The fourth-order valence-corrected chi connectivity index (χ4v) is 1.94. The number of nitrogens with one attached hydrogen (secondary N) is 1. The summed E-state index contributed by atoms with van der Waals surface area (Å²) < 4.78 is 46.7. The second-order valence-electron chi connectivity index (χ2n) is 4.49. The van der Waals surface area contributed by atoms with Crippen LogP contribution >= 0.6 is 0 Å². The molecule has 0 radical (unpaired) electrons. The van der Waals surface area contributed by atoms with Crippen molar-refractivity contribution in [3.8, 4) is 11.5 Å². The summed E-state index contributed by atoms with van der Waals surface area (Å²) in [5.74, 6) is 0.0720. The number of anilines is 1. The Morgan fingerprint density at radius 1 is 1.13 bits per heavy atom. The van der Waals surface area contributed by atoms with Crippen molar-refractivity contribution >= 4 is 17.0 Å². The number of nitrogens with zero attached hydrogens (tertiary/aromatic N) is 3. The van der Waals surface area contributed by atoms with Crippen molar-refractivity contribution in [3.05, 3.63) is 35.9 Å². The molecule has 0 aliphatic carbocycles. The number of rotatable bonds is 4. The highest BCUT2D eigenvalue weighted by molar-refractivity contribution is 5.78. The molecule has 0 amide bonds. The molecule has 0 spiro atoms. The third-order valence-electron chi connectivity index (χ3n) is 2.86. The van der Waals surface area contributed by atoms with E-state index in [9.17, 15) is 13.2 Å². The van der Waals surface area contributed by atoms with Crippen LogP contribution in [0.4, 0.5) is 19.0 Å². The van der Waals surface area contributed by atoms with Gasteiger partial charge >= 0.3 is 6.36 Å². The molecular weight excluding hydrogens is 315 g/mol. The Balaban J connectivity index is 1.84. The number of nitrogen functional groups attached to an aromatic ring is 1. The fourth-order valence-electron chi connectivity index (χ4n) is 1.94. The minimum Gasteiger partial charge on any atom is -0.486 e. The van der Waals surface area contributed by atoms with Crippen molar-refractivity contribution in [3.63, 3.8) is 0 Å². The van der Waals surface area contributed by atoms with Gasteiger partial charge in [0, 0.05) is 11.6 Å². The average molecular weight is 325 g/mol. The van der Waals surface area contributed by atoms with Gasteiger partial charge in [0.2, 0.25) is 5.65 Å². The number of benzene rings is 1. The lowest BCUT2D eigenvalue weighted by Crippen LogP contribution is -2.18. The minimum atomic E-state index is -4.78. The SMILES string of the molecule is Nc1cc(OCc2ccccc2OC(F)(F)F)c2n[nH]nc2n1. The minimum absolute atomic E-state index is 0.154. The molecular formula is C13H10F3N5O2. The van der Waals surface area contributed by atoms with Gasteiger partial charge in [0.05, 0.1) is 0 Å². The quantitative estimate of drug-likeness (QED) is 0.764. The molecule has 3 aromatic rings. The van der Waals surface area contributed by atoms with Gasteiger partial charge in [0.15, 0.2) is 11.3 Å². The van der Waals surface area contributed by atoms with E-state index in [1.54, 1.807) is 6.07 Å². The number of halogens is 3. The summed E-state index contributed by atoms with van der Waals surface area (Å²) in [6, 6.07) is 7.10. The van der Waals surface area contributed by atoms with Gasteiger partial charge in [-0.3, -0.25) is 0 Å². The Hall–Kier alpha value is -3.04. The van der Waals surface area contributed by atoms with Crippen molar-refractivity contribution in [1.82, 2.24) is 20.4 Å². The Bertz CT molecular complexity index is 834. The molecule has 120 valence electrons. The summed E-state index contributed by atoms with van der Waals surface area (Å²) in [4.78, 5) is 3.94. The van der Waals surface area contributed by atoms with E-state index < -0.39 is 6.36 Å². The van der Waals surface area contributed by atoms with E-state index in [1.165, 1.54) is 24.3 Å². The summed E-state index contributed by atoms with van der Waals surface area (Å²) in [6.07, 6.45) is -4.78. The third-order valence-corrected chi connectivity index (χ3v) is 2.86. The molecule has 2 heterocycles. The highest BCUT2D eigenvalue weighted by atomic mass is 19.4. The Morgan fingerprint density at radius 3 is 2.70 bits per heavy atom. The highest BCUT2D eigenvalue weighted by Gasteiger charge is 2.32. The lowest BCUT2D eigenvalue weighted by Gasteiger charge is -2.13. The molecule has 0 saturated carbocycles. The van der Waals surface area contributed by atoms with Crippen LogP contribution in [0.5, 0.6) is 11.5 Å². The number of fused-ring (bicyclic) bond motifs is 1. The van der Waals surface area contributed by atoms with Crippen LogP contribution in [0.3, 0.4) is 0 Å². The molecule has 1 aromatic carbocycles. The van der Waals surface area contributed by atoms with Gasteiger partial charge in [-0.1, -0.05) is 18.2 Å². The number of aromatic amines is 1. The largest absolute Gasteiger partial charge is 0.573 e. The van der Waals surface area contributed by atoms with E-state index >= 15 is 0 Å². The summed E-state index contributed by atoms with van der Waals surface area (Å²) in [5, 5.41) is 10.0. The van der Waals surface area contributed by atoms with Gasteiger partial charge in [0.25, 0.3) is 0 Å². The number of alkyl halides is 3. The standard InChI is InChI=1S/C13H10F3N5O2/c14-13(15,16)23-8-4-2-1-3-7(8)6-22-9-5-10(17)18-12-11(9)19-21-20-12/h1-5H,6H2,(H3,17,18,19,20,21). The Kier molecular flexibility index (Phi) is 3.64. The van der Waals surface area contributed by atoms with E-state index in [0.717, 1.165) is 0 Å². The molecule has 10 heteroatoms. The van der Waals surface area contributed by atoms with E-state index in [1.807, 2.05) is 0 Å². The molecule has 0 atom stereocenters. The van der Waals surface area contributed by atoms with Crippen LogP contribution in [0.15, 0.2) is 30.3 Å². The molecule has 0 saturated heterocycles. The van der Waals surface area contributed by atoms with Crippen LogP contribution < -0.4 is 15.2 Å². The molecule has 23 heavy (non-hydrogen) atoms. The number of para-hydroxylation sites is 1. The van der Waals surface area contributed by atoms with Gasteiger partial charge in [-0.25, -0.2) is 4.98 Å². The molecule has 0 unspecified atom stereocenters.